The van der Waals surface area contributed by atoms with E-state index in [9.17, 15) is 8.78 Å². The van der Waals surface area contributed by atoms with Crippen molar-refractivity contribution in [1.29, 1.82) is 0 Å². The molecular formula is C10H8F2N2. The fourth-order valence-electron chi connectivity index (χ4n) is 1.20. The predicted octanol–water partition coefficient (Wildman–Crippen LogP) is 2.95. The summed E-state index contributed by atoms with van der Waals surface area (Å²) in [5.74, 6) is 0. The molecule has 72 valence electrons. The first-order valence-electron chi connectivity index (χ1n) is 4.14. The zero-order chi connectivity index (χ0) is 9.97. The molecule has 0 unspecified atom stereocenters. The van der Waals surface area contributed by atoms with E-state index in [4.69, 9.17) is 0 Å². The molecule has 0 amide bonds. The summed E-state index contributed by atoms with van der Waals surface area (Å²) in [5.41, 5.74) is 1.40. The lowest BCUT2D eigenvalue weighted by atomic mass is 10.2. The fraction of sp³-hybridized carbons (Fsp3) is 0.100. The molecule has 0 spiro atoms. The summed E-state index contributed by atoms with van der Waals surface area (Å²) in [6, 6.07) is 9.22. The van der Waals surface area contributed by atoms with Gasteiger partial charge in [-0.1, -0.05) is 30.3 Å². The van der Waals surface area contributed by atoms with Crippen LogP contribution in [0.2, 0.25) is 0 Å². The molecule has 0 saturated carbocycles. The lowest BCUT2D eigenvalue weighted by Gasteiger charge is -1.96. The maximum atomic E-state index is 12.2. The molecule has 0 atom stereocenters. The van der Waals surface area contributed by atoms with E-state index in [-0.39, 0.29) is 0 Å². The van der Waals surface area contributed by atoms with E-state index < -0.39 is 6.55 Å². The zero-order valence-electron chi connectivity index (χ0n) is 7.27. The second-order valence-electron chi connectivity index (χ2n) is 2.85. The molecule has 2 rings (SSSR count). The smallest absolute Gasteiger partial charge is 0.280 e. The highest BCUT2D eigenvalue weighted by Crippen LogP contribution is 2.18. The van der Waals surface area contributed by atoms with Gasteiger partial charge >= 0.3 is 6.55 Å². The normalized spacial score (nSPS) is 10.8. The highest BCUT2D eigenvalue weighted by atomic mass is 19.3. The van der Waals surface area contributed by atoms with Crippen LogP contribution < -0.4 is 0 Å². The topological polar surface area (TPSA) is 17.8 Å². The van der Waals surface area contributed by atoms with Crippen molar-refractivity contribution in [3.63, 3.8) is 0 Å². The van der Waals surface area contributed by atoms with Gasteiger partial charge in [0.05, 0.1) is 12.0 Å². The summed E-state index contributed by atoms with van der Waals surface area (Å²) in [5, 5.41) is 0. The summed E-state index contributed by atoms with van der Waals surface area (Å²) < 4.78 is 25.2. The second kappa shape index (κ2) is 3.57. The summed E-state index contributed by atoms with van der Waals surface area (Å²) in [6.07, 6.45) is 2.47. The Hall–Kier alpha value is -1.71. The van der Waals surface area contributed by atoms with Crippen LogP contribution in [0.4, 0.5) is 8.78 Å². The van der Waals surface area contributed by atoms with Crippen molar-refractivity contribution in [1.82, 2.24) is 9.55 Å². The van der Waals surface area contributed by atoms with Crippen LogP contribution in [-0.2, 0) is 0 Å². The van der Waals surface area contributed by atoms with Crippen LogP contribution in [-0.4, -0.2) is 9.55 Å². The predicted molar refractivity (Wildman–Crippen MR) is 48.9 cm³/mol. The number of benzene rings is 1. The molecule has 14 heavy (non-hydrogen) atoms. The molecular weight excluding hydrogens is 186 g/mol. The fourth-order valence-corrected chi connectivity index (χ4v) is 1.20. The molecule has 0 fully saturated rings. The van der Waals surface area contributed by atoms with Crippen molar-refractivity contribution < 1.29 is 8.78 Å². The zero-order valence-corrected chi connectivity index (χ0v) is 7.27. The lowest BCUT2D eigenvalue weighted by molar-refractivity contribution is 0.0702. The highest BCUT2D eigenvalue weighted by molar-refractivity contribution is 5.57. The first-order valence-corrected chi connectivity index (χ1v) is 4.14. The molecule has 0 radical (unpaired) electrons. The Morgan fingerprint density at radius 2 is 1.86 bits per heavy atom. The van der Waals surface area contributed by atoms with E-state index in [1.807, 2.05) is 30.3 Å². The molecule has 1 aromatic carbocycles. The molecule has 2 nitrogen and oxygen atoms in total. The van der Waals surface area contributed by atoms with Crippen molar-refractivity contribution >= 4 is 0 Å². The van der Waals surface area contributed by atoms with Gasteiger partial charge in [-0.15, -0.1) is 0 Å². The van der Waals surface area contributed by atoms with Gasteiger partial charge in [0.2, 0.25) is 0 Å². The van der Waals surface area contributed by atoms with E-state index in [1.54, 1.807) is 0 Å². The van der Waals surface area contributed by atoms with Crippen LogP contribution in [0.15, 0.2) is 42.9 Å². The molecule has 0 aliphatic carbocycles. The van der Waals surface area contributed by atoms with Gasteiger partial charge in [0, 0.05) is 11.8 Å². The number of rotatable bonds is 2. The van der Waals surface area contributed by atoms with Crippen molar-refractivity contribution in [2.45, 2.75) is 6.55 Å². The summed E-state index contributed by atoms with van der Waals surface area (Å²) in [6.45, 7) is -2.53. The van der Waals surface area contributed by atoms with Gasteiger partial charge in [0.1, 0.15) is 0 Å². The largest absolute Gasteiger partial charge is 0.319 e. The van der Waals surface area contributed by atoms with Gasteiger partial charge in [-0.25, -0.2) is 4.98 Å². The Morgan fingerprint density at radius 1 is 1.14 bits per heavy atom. The highest BCUT2D eigenvalue weighted by Gasteiger charge is 2.07. The Kier molecular flexibility index (Phi) is 2.26. The molecule has 4 heteroatoms. The summed E-state index contributed by atoms with van der Waals surface area (Å²) in [7, 11) is 0. The second-order valence-corrected chi connectivity index (χ2v) is 2.85. The van der Waals surface area contributed by atoms with Gasteiger partial charge in [-0.05, 0) is 0 Å². The minimum Gasteiger partial charge on any atom is -0.280 e. The molecule has 0 aliphatic heterocycles. The van der Waals surface area contributed by atoms with E-state index in [0.29, 0.717) is 5.69 Å². The number of nitrogens with zero attached hydrogens (tertiary/aromatic N) is 2. The Morgan fingerprint density at radius 3 is 2.43 bits per heavy atom. The minimum absolute atomic E-state index is 0.561. The van der Waals surface area contributed by atoms with E-state index in [0.717, 1.165) is 16.5 Å². The third-order valence-corrected chi connectivity index (χ3v) is 1.90. The third kappa shape index (κ3) is 1.64. The molecule has 0 bridgehead atoms. The third-order valence-electron chi connectivity index (χ3n) is 1.90. The maximum Gasteiger partial charge on any atom is 0.319 e. The van der Waals surface area contributed by atoms with E-state index >= 15 is 0 Å². The molecule has 0 aliphatic rings. The number of hydrogen-bond acceptors (Lipinski definition) is 1. The Balaban J connectivity index is 2.34. The van der Waals surface area contributed by atoms with Crippen molar-refractivity contribution in [2.75, 3.05) is 0 Å². The first-order chi connectivity index (χ1) is 6.77. The quantitative estimate of drug-likeness (QED) is 0.718. The van der Waals surface area contributed by atoms with Crippen molar-refractivity contribution in [3.05, 3.63) is 42.9 Å². The number of halogens is 2. The van der Waals surface area contributed by atoms with Gasteiger partial charge in [0.25, 0.3) is 0 Å². The minimum atomic E-state index is -2.53. The van der Waals surface area contributed by atoms with Gasteiger partial charge in [0.15, 0.2) is 0 Å². The summed E-state index contributed by atoms with van der Waals surface area (Å²) in [4.78, 5) is 3.89. The molecule has 1 aromatic heterocycles. The standard InChI is InChI=1S/C10H8F2N2/c11-10(12)14-6-9(13-7-14)8-4-2-1-3-5-8/h1-7,10H. The van der Waals surface area contributed by atoms with Crippen LogP contribution in [0.3, 0.4) is 0 Å². The molecule has 2 aromatic rings. The number of hydrogen-bond donors (Lipinski definition) is 0. The van der Waals surface area contributed by atoms with Gasteiger partial charge < -0.3 is 0 Å². The monoisotopic (exact) mass is 194 g/mol. The Labute approximate surface area is 79.8 Å². The van der Waals surface area contributed by atoms with Crippen LogP contribution in [0.5, 0.6) is 0 Å². The summed E-state index contributed by atoms with van der Waals surface area (Å²) >= 11 is 0. The van der Waals surface area contributed by atoms with Crippen LogP contribution in [0, 0.1) is 0 Å². The molecule has 0 saturated heterocycles. The number of imidazole rings is 1. The van der Waals surface area contributed by atoms with Gasteiger partial charge in [-0.3, -0.25) is 4.57 Å². The SMILES string of the molecule is FC(F)n1cnc(-c2ccccc2)c1. The van der Waals surface area contributed by atoms with Crippen molar-refractivity contribution in [2.24, 2.45) is 0 Å². The molecule has 1 heterocycles. The number of aromatic nitrogens is 2. The van der Waals surface area contributed by atoms with Gasteiger partial charge in [-0.2, -0.15) is 8.78 Å². The van der Waals surface area contributed by atoms with Crippen LogP contribution >= 0.6 is 0 Å². The van der Waals surface area contributed by atoms with Crippen LogP contribution in [0.1, 0.15) is 6.55 Å². The van der Waals surface area contributed by atoms with Crippen molar-refractivity contribution in [3.8, 4) is 11.3 Å². The Bertz CT molecular complexity index is 409. The lowest BCUT2D eigenvalue weighted by Crippen LogP contribution is -1.92. The average Bonchev–Trinajstić information content (AvgIpc) is 2.68. The first kappa shape index (κ1) is 8.87. The van der Waals surface area contributed by atoms with E-state index in [2.05, 4.69) is 4.98 Å². The van der Waals surface area contributed by atoms with E-state index in [1.165, 1.54) is 6.20 Å². The maximum absolute atomic E-state index is 12.2. The molecule has 0 N–H and O–H groups in total. The number of alkyl halides is 2. The average molecular weight is 194 g/mol. The van der Waals surface area contributed by atoms with Crippen LogP contribution in [0.25, 0.3) is 11.3 Å².